The first-order valence-corrected chi connectivity index (χ1v) is 12.8. The van der Waals surface area contributed by atoms with Crippen LogP contribution in [0.3, 0.4) is 0 Å². The first-order chi connectivity index (χ1) is 16.6. The van der Waals surface area contributed by atoms with Gasteiger partial charge in [-0.05, 0) is 43.0 Å². The lowest BCUT2D eigenvalue weighted by molar-refractivity contribution is -0.136. The number of nitrogens with zero attached hydrogens (tertiary/aromatic N) is 4. The molecule has 0 aromatic heterocycles. The lowest BCUT2D eigenvalue weighted by Crippen LogP contribution is -2.60. The molecule has 0 bridgehead atoms. The Bertz CT molecular complexity index is 979. The molecule has 1 aromatic rings. The molecule has 182 valence electrons. The number of carbonyl (C=O) groups excluding carboxylic acids is 3. The maximum absolute atomic E-state index is 13.0. The Morgan fingerprint density at radius 1 is 0.824 bits per heavy atom. The number of amides is 3. The summed E-state index contributed by atoms with van der Waals surface area (Å²) in [6.45, 7) is 9.33. The van der Waals surface area contributed by atoms with Crippen molar-refractivity contribution >= 4 is 23.4 Å². The van der Waals surface area contributed by atoms with Gasteiger partial charge in [-0.1, -0.05) is 0 Å². The number of nitrogens with one attached hydrogen (secondary N) is 2. The molecule has 0 unspecified atom stereocenters. The molecule has 0 aliphatic carbocycles. The molecule has 3 amide bonds. The maximum Gasteiger partial charge on any atom is 0.255 e. The van der Waals surface area contributed by atoms with Crippen LogP contribution < -0.4 is 15.5 Å². The number of piperidine rings is 2. The van der Waals surface area contributed by atoms with Gasteiger partial charge >= 0.3 is 0 Å². The van der Waals surface area contributed by atoms with E-state index < -0.39 is 6.04 Å². The Kier molecular flexibility index (Phi) is 5.79. The zero-order valence-corrected chi connectivity index (χ0v) is 19.7. The molecule has 0 spiro atoms. The number of anilines is 1. The van der Waals surface area contributed by atoms with Crippen LogP contribution >= 0.6 is 0 Å². The summed E-state index contributed by atoms with van der Waals surface area (Å²) in [6, 6.07) is 6.99. The van der Waals surface area contributed by atoms with E-state index in [0.717, 1.165) is 56.6 Å². The molecule has 5 aliphatic rings. The van der Waals surface area contributed by atoms with Crippen LogP contribution in [0.2, 0.25) is 0 Å². The van der Waals surface area contributed by atoms with Crippen molar-refractivity contribution in [2.24, 2.45) is 0 Å². The van der Waals surface area contributed by atoms with Gasteiger partial charge < -0.3 is 15.1 Å². The van der Waals surface area contributed by atoms with Crippen molar-refractivity contribution in [2.45, 2.75) is 50.4 Å². The average molecular weight is 467 g/mol. The van der Waals surface area contributed by atoms with Gasteiger partial charge in [0, 0.05) is 88.7 Å². The highest BCUT2D eigenvalue weighted by Gasteiger charge is 2.39. The molecule has 5 heterocycles. The summed E-state index contributed by atoms with van der Waals surface area (Å²) in [5, 5.41) is 5.76. The Morgan fingerprint density at radius 2 is 1.56 bits per heavy atom. The van der Waals surface area contributed by atoms with E-state index in [2.05, 4.69) is 31.4 Å². The van der Waals surface area contributed by atoms with E-state index in [1.165, 1.54) is 25.9 Å². The molecule has 0 radical (unpaired) electrons. The van der Waals surface area contributed by atoms with E-state index in [4.69, 9.17) is 0 Å². The standard InChI is InChI=1S/C25H34N6O3/c32-23-4-3-22(24(33)27-23)31-16-17-13-19(1-2-21(17)25(31)34)30-11-9-29(10-12-30)18-5-7-28(8-6-18)20-14-26-15-20/h1-2,13,18,20,22,26H,3-12,14-16H2,(H,27,32,33)/t22-/m0/s1. The summed E-state index contributed by atoms with van der Waals surface area (Å²) in [4.78, 5) is 46.1. The third-order valence-electron chi connectivity index (χ3n) is 8.48. The monoisotopic (exact) mass is 466 g/mol. The third-order valence-corrected chi connectivity index (χ3v) is 8.48. The second kappa shape index (κ2) is 8.94. The predicted octanol–water partition coefficient (Wildman–Crippen LogP) is 0.00580. The molecule has 4 saturated heterocycles. The van der Waals surface area contributed by atoms with E-state index in [-0.39, 0.29) is 24.1 Å². The normalized spacial score (nSPS) is 27.6. The van der Waals surface area contributed by atoms with E-state index in [0.29, 0.717) is 24.6 Å². The Morgan fingerprint density at radius 3 is 2.24 bits per heavy atom. The van der Waals surface area contributed by atoms with Gasteiger partial charge in [-0.15, -0.1) is 0 Å². The van der Waals surface area contributed by atoms with Crippen molar-refractivity contribution in [3.05, 3.63) is 29.3 Å². The summed E-state index contributed by atoms with van der Waals surface area (Å²) in [7, 11) is 0. The quantitative estimate of drug-likeness (QED) is 0.605. The largest absolute Gasteiger partial charge is 0.369 e. The molecule has 4 fully saturated rings. The molecule has 0 saturated carbocycles. The number of fused-ring (bicyclic) bond motifs is 1. The lowest BCUT2D eigenvalue weighted by Gasteiger charge is -2.46. The van der Waals surface area contributed by atoms with Crippen LogP contribution in [-0.4, -0.2) is 103 Å². The Labute approximate surface area is 200 Å². The number of carbonyl (C=O) groups is 3. The van der Waals surface area contributed by atoms with Gasteiger partial charge in [0.2, 0.25) is 11.8 Å². The van der Waals surface area contributed by atoms with Crippen molar-refractivity contribution in [1.29, 1.82) is 0 Å². The summed E-state index contributed by atoms with van der Waals surface area (Å²) >= 11 is 0. The fraction of sp³-hybridized carbons (Fsp3) is 0.640. The van der Waals surface area contributed by atoms with Crippen molar-refractivity contribution in [1.82, 2.24) is 25.3 Å². The number of hydrogen-bond acceptors (Lipinski definition) is 7. The molecule has 34 heavy (non-hydrogen) atoms. The van der Waals surface area contributed by atoms with Gasteiger partial charge in [-0.2, -0.15) is 0 Å². The Balaban J connectivity index is 1.05. The fourth-order valence-corrected chi connectivity index (χ4v) is 6.25. The van der Waals surface area contributed by atoms with Crippen molar-refractivity contribution in [3.63, 3.8) is 0 Å². The number of likely N-dealkylation sites (tertiary alicyclic amines) is 1. The number of hydrogen-bond donors (Lipinski definition) is 2. The lowest BCUT2D eigenvalue weighted by atomic mass is 9.99. The van der Waals surface area contributed by atoms with Crippen LogP contribution in [0.25, 0.3) is 0 Å². The smallest absolute Gasteiger partial charge is 0.255 e. The molecule has 5 aliphatic heterocycles. The van der Waals surface area contributed by atoms with Gasteiger partial charge in [0.15, 0.2) is 0 Å². The third kappa shape index (κ3) is 3.99. The minimum Gasteiger partial charge on any atom is -0.369 e. The molecule has 2 N–H and O–H groups in total. The number of rotatable bonds is 4. The highest BCUT2D eigenvalue weighted by Crippen LogP contribution is 2.31. The summed E-state index contributed by atoms with van der Waals surface area (Å²) in [5.41, 5.74) is 2.82. The van der Waals surface area contributed by atoms with Crippen LogP contribution in [0.1, 0.15) is 41.6 Å². The van der Waals surface area contributed by atoms with Gasteiger partial charge in [-0.3, -0.25) is 29.5 Å². The van der Waals surface area contributed by atoms with Crippen LogP contribution in [-0.2, 0) is 16.1 Å². The maximum atomic E-state index is 13.0. The van der Waals surface area contributed by atoms with E-state index >= 15 is 0 Å². The number of benzene rings is 1. The van der Waals surface area contributed by atoms with Crippen molar-refractivity contribution in [3.8, 4) is 0 Å². The highest BCUT2D eigenvalue weighted by molar-refractivity contribution is 6.05. The molecule has 9 heteroatoms. The van der Waals surface area contributed by atoms with Gasteiger partial charge in [0.25, 0.3) is 5.91 Å². The first-order valence-electron chi connectivity index (χ1n) is 12.8. The molecular weight excluding hydrogens is 432 g/mol. The van der Waals surface area contributed by atoms with Crippen molar-refractivity contribution in [2.75, 3.05) is 57.3 Å². The fourth-order valence-electron chi connectivity index (χ4n) is 6.25. The minimum atomic E-state index is -0.559. The van der Waals surface area contributed by atoms with E-state index in [1.807, 2.05) is 12.1 Å². The van der Waals surface area contributed by atoms with Crippen LogP contribution in [0.4, 0.5) is 5.69 Å². The minimum absolute atomic E-state index is 0.107. The number of imide groups is 1. The van der Waals surface area contributed by atoms with Gasteiger partial charge in [0.05, 0.1) is 0 Å². The van der Waals surface area contributed by atoms with Crippen LogP contribution in [0, 0.1) is 0 Å². The first kappa shape index (κ1) is 22.0. The van der Waals surface area contributed by atoms with Crippen LogP contribution in [0.5, 0.6) is 0 Å². The molecular formula is C25H34N6O3. The molecule has 6 rings (SSSR count). The zero-order chi connectivity index (χ0) is 23.2. The topological polar surface area (TPSA) is 88.2 Å². The van der Waals surface area contributed by atoms with Crippen molar-refractivity contribution < 1.29 is 14.4 Å². The second-order valence-electron chi connectivity index (χ2n) is 10.3. The Hall–Kier alpha value is -2.49. The summed E-state index contributed by atoms with van der Waals surface area (Å²) in [5.74, 6) is -0.720. The summed E-state index contributed by atoms with van der Waals surface area (Å²) < 4.78 is 0. The SMILES string of the molecule is O=C1CC[C@H](N2Cc3cc(N4CCN(C5CCN(C6CNC6)CC5)CC4)ccc3C2=O)C(=O)N1. The highest BCUT2D eigenvalue weighted by atomic mass is 16.2. The summed E-state index contributed by atoms with van der Waals surface area (Å²) in [6.07, 6.45) is 3.22. The molecule has 9 nitrogen and oxygen atoms in total. The van der Waals surface area contributed by atoms with Gasteiger partial charge in [0.1, 0.15) is 6.04 Å². The van der Waals surface area contributed by atoms with E-state index in [1.54, 1.807) is 4.90 Å². The predicted molar refractivity (Wildman–Crippen MR) is 128 cm³/mol. The van der Waals surface area contributed by atoms with Crippen LogP contribution in [0.15, 0.2) is 18.2 Å². The second-order valence-corrected chi connectivity index (χ2v) is 10.3. The average Bonchev–Trinajstić information content (AvgIpc) is 3.14. The molecule has 1 atom stereocenters. The molecule has 1 aromatic carbocycles. The van der Waals surface area contributed by atoms with Gasteiger partial charge in [-0.25, -0.2) is 0 Å². The van der Waals surface area contributed by atoms with E-state index in [9.17, 15) is 14.4 Å². The zero-order valence-electron chi connectivity index (χ0n) is 19.7. The number of piperazine rings is 1.